The predicted octanol–water partition coefficient (Wildman–Crippen LogP) is 2.15. The Bertz CT molecular complexity index is 148. The molecule has 0 aliphatic rings. The lowest BCUT2D eigenvalue weighted by Gasteiger charge is -2.06. The number of allylic oxidation sites excluding steroid dienone is 1. The molecule has 0 heterocycles. The molecule has 2 heteroatoms. The molecule has 0 saturated carbocycles. The van der Waals surface area contributed by atoms with E-state index in [9.17, 15) is 4.79 Å². The maximum atomic E-state index is 10.4. The van der Waals surface area contributed by atoms with Crippen LogP contribution in [0.15, 0.2) is 12.2 Å². The molecular formula is C9H16O2. The summed E-state index contributed by atoms with van der Waals surface area (Å²) in [6.07, 6.45) is 3.81. The van der Waals surface area contributed by atoms with Gasteiger partial charge in [0.15, 0.2) is 0 Å². The highest BCUT2D eigenvalue weighted by atomic mass is 16.5. The number of hydrogen-bond donors (Lipinski definition) is 0. The van der Waals surface area contributed by atoms with Crippen molar-refractivity contribution in [2.75, 3.05) is 0 Å². The first kappa shape index (κ1) is 10.2. The van der Waals surface area contributed by atoms with Gasteiger partial charge in [0.05, 0.1) is 0 Å². The molecule has 0 aromatic rings. The Balaban J connectivity index is 3.68. The van der Waals surface area contributed by atoms with Crippen molar-refractivity contribution in [3.63, 3.8) is 0 Å². The van der Waals surface area contributed by atoms with E-state index in [-0.39, 0.29) is 12.1 Å². The van der Waals surface area contributed by atoms with Gasteiger partial charge in [-0.15, -0.1) is 0 Å². The van der Waals surface area contributed by atoms with Crippen LogP contribution in [0.1, 0.15) is 27.7 Å². The Morgan fingerprint density at radius 2 is 1.82 bits per heavy atom. The van der Waals surface area contributed by atoms with Gasteiger partial charge in [-0.1, -0.05) is 19.9 Å². The van der Waals surface area contributed by atoms with Crippen LogP contribution in [-0.4, -0.2) is 12.1 Å². The maximum Gasteiger partial charge on any atom is 0.303 e. The Kier molecular flexibility index (Phi) is 4.59. The fourth-order valence-electron chi connectivity index (χ4n) is 0.680. The minimum atomic E-state index is -0.231. The van der Waals surface area contributed by atoms with Crippen LogP contribution in [0.3, 0.4) is 0 Å². The van der Waals surface area contributed by atoms with E-state index in [2.05, 4.69) is 13.8 Å². The highest BCUT2D eigenvalue weighted by Gasteiger charge is 1.99. The van der Waals surface area contributed by atoms with Gasteiger partial charge >= 0.3 is 5.97 Å². The van der Waals surface area contributed by atoms with Crippen LogP contribution in [0.2, 0.25) is 0 Å². The molecule has 1 atom stereocenters. The molecule has 0 fully saturated rings. The molecular weight excluding hydrogens is 140 g/mol. The van der Waals surface area contributed by atoms with Gasteiger partial charge in [-0.25, -0.2) is 0 Å². The number of rotatable bonds is 3. The first-order valence-corrected chi connectivity index (χ1v) is 3.88. The molecule has 0 rings (SSSR count). The molecule has 64 valence electrons. The minimum Gasteiger partial charge on any atom is -0.459 e. The van der Waals surface area contributed by atoms with Crippen LogP contribution >= 0.6 is 0 Å². The highest BCUT2D eigenvalue weighted by Crippen LogP contribution is 1.98. The van der Waals surface area contributed by atoms with E-state index < -0.39 is 0 Å². The van der Waals surface area contributed by atoms with E-state index in [0.717, 1.165) is 0 Å². The quantitative estimate of drug-likeness (QED) is 0.462. The summed E-state index contributed by atoms with van der Waals surface area (Å²) in [6, 6.07) is 0. The lowest BCUT2D eigenvalue weighted by atomic mass is 10.2. The standard InChI is InChI=1S/C9H16O2/c1-7(2)5-6-8(3)11-9(4)10/h5-8H,1-4H3. The second-order valence-electron chi connectivity index (χ2n) is 2.94. The molecule has 0 spiro atoms. The second kappa shape index (κ2) is 4.94. The van der Waals surface area contributed by atoms with E-state index in [0.29, 0.717) is 5.92 Å². The second-order valence-corrected chi connectivity index (χ2v) is 2.94. The van der Waals surface area contributed by atoms with E-state index in [4.69, 9.17) is 4.74 Å². The molecule has 0 radical (unpaired) electrons. The van der Waals surface area contributed by atoms with Crippen LogP contribution in [0.25, 0.3) is 0 Å². The number of carbonyl (C=O) groups is 1. The largest absolute Gasteiger partial charge is 0.459 e. The van der Waals surface area contributed by atoms with E-state index >= 15 is 0 Å². The van der Waals surface area contributed by atoms with Crippen LogP contribution in [-0.2, 0) is 9.53 Å². The van der Waals surface area contributed by atoms with Gasteiger partial charge in [-0.3, -0.25) is 4.79 Å². The highest BCUT2D eigenvalue weighted by molar-refractivity contribution is 5.66. The van der Waals surface area contributed by atoms with Crippen molar-refractivity contribution in [1.29, 1.82) is 0 Å². The summed E-state index contributed by atoms with van der Waals surface area (Å²) in [6.45, 7) is 7.42. The maximum absolute atomic E-state index is 10.4. The van der Waals surface area contributed by atoms with Gasteiger partial charge in [0.25, 0.3) is 0 Å². The van der Waals surface area contributed by atoms with Crippen LogP contribution in [0.4, 0.5) is 0 Å². The number of esters is 1. The normalized spacial score (nSPS) is 13.9. The molecule has 0 aromatic heterocycles. The third-order valence-electron chi connectivity index (χ3n) is 1.12. The molecule has 11 heavy (non-hydrogen) atoms. The number of carbonyl (C=O) groups excluding carboxylic acids is 1. The number of hydrogen-bond acceptors (Lipinski definition) is 2. The molecule has 1 unspecified atom stereocenters. The molecule has 0 aromatic carbocycles. The Morgan fingerprint density at radius 3 is 2.18 bits per heavy atom. The molecule has 0 N–H and O–H groups in total. The van der Waals surface area contributed by atoms with Gasteiger partial charge in [0.1, 0.15) is 6.10 Å². The summed E-state index contributed by atoms with van der Waals surface area (Å²) in [5.41, 5.74) is 0. The molecule has 0 saturated heterocycles. The van der Waals surface area contributed by atoms with Crippen molar-refractivity contribution in [1.82, 2.24) is 0 Å². The minimum absolute atomic E-state index is 0.102. The average Bonchev–Trinajstić information content (AvgIpc) is 1.82. The third-order valence-corrected chi connectivity index (χ3v) is 1.12. The zero-order chi connectivity index (χ0) is 8.85. The Hall–Kier alpha value is -0.790. The number of ether oxygens (including phenoxy) is 1. The van der Waals surface area contributed by atoms with Crippen molar-refractivity contribution in [3.8, 4) is 0 Å². The fraction of sp³-hybridized carbons (Fsp3) is 0.667. The average molecular weight is 156 g/mol. The lowest BCUT2D eigenvalue weighted by Crippen LogP contribution is -2.08. The summed E-state index contributed by atoms with van der Waals surface area (Å²) in [7, 11) is 0. The molecule has 0 aliphatic carbocycles. The van der Waals surface area contributed by atoms with Gasteiger partial charge < -0.3 is 4.74 Å². The van der Waals surface area contributed by atoms with Crippen molar-refractivity contribution >= 4 is 5.97 Å². The van der Waals surface area contributed by atoms with E-state index in [1.165, 1.54) is 6.92 Å². The lowest BCUT2D eigenvalue weighted by molar-refractivity contribution is -0.143. The summed E-state index contributed by atoms with van der Waals surface area (Å²) < 4.78 is 4.87. The first-order valence-electron chi connectivity index (χ1n) is 3.88. The van der Waals surface area contributed by atoms with Crippen molar-refractivity contribution < 1.29 is 9.53 Å². The zero-order valence-electron chi connectivity index (χ0n) is 7.63. The summed E-state index contributed by atoms with van der Waals surface area (Å²) in [4.78, 5) is 10.4. The predicted molar refractivity (Wildman–Crippen MR) is 45.2 cm³/mol. The summed E-state index contributed by atoms with van der Waals surface area (Å²) >= 11 is 0. The monoisotopic (exact) mass is 156 g/mol. The first-order chi connectivity index (χ1) is 5.02. The fourth-order valence-corrected chi connectivity index (χ4v) is 0.680. The zero-order valence-corrected chi connectivity index (χ0v) is 7.63. The van der Waals surface area contributed by atoms with Gasteiger partial charge in [-0.05, 0) is 18.9 Å². The van der Waals surface area contributed by atoms with E-state index in [1.54, 1.807) is 0 Å². The SMILES string of the molecule is CC(=O)OC(C)C=CC(C)C. The molecule has 0 aliphatic heterocycles. The van der Waals surface area contributed by atoms with Gasteiger partial charge in [0.2, 0.25) is 0 Å². The Labute approximate surface area is 68.2 Å². The third kappa shape index (κ3) is 7.10. The van der Waals surface area contributed by atoms with Gasteiger partial charge in [-0.2, -0.15) is 0 Å². The molecule has 0 amide bonds. The van der Waals surface area contributed by atoms with Crippen molar-refractivity contribution in [3.05, 3.63) is 12.2 Å². The Morgan fingerprint density at radius 1 is 1.27 bits per heavy atom. The summed E-state index contributed by atoms with van der Waals surface area (Å²) in [5.74, 6) is 0.277. The topological polar surface area (TPSA) is 26.3 Å². The van der Waals surface area contributed by atoms with Crippen LogP contribution < -0.4 is 0 Å². The van der Waals surface area contributed by atoms with Crippen molar-refractivity contribution in [2.45, 2.75) is 33.8 Å². The van der Waals surface area contributed by atoms with Crippen LogP contribution in [0, 0.1) is 5.92 Å². The van der Waals surface area contributed by atoms with Gasteiger partial charge in [0, 0.05) is 6.92 Å². The van der Waals surface area contributed by atoms with E-state index in [1.807, 2.05) is 19.1 Å². The summed E-state index contributed by atoms with van der Waals surface area (Å²) in [5, 5.41) is 0. The smallest absolute Gasteiger partial charge is 0.303 e. The van der Waals surface area contributed by atoms with Crippen LogP contribution in [0.5, 0.6) is 0 Å². The molecule has 2 nitrogen and oxygen atoms in total. The van der Waals surface area contributed by atoms with Crippen molar-refractivity contribution in [2.24, 2.45) is 5.92 Å². The molecule has 0 bridgehead atoms.